The topological polar surface area (TPSA) is 253 Å². The lowest BCUT2D eigenvalue weighted by Crippen LogP contribution is -2.52. The monoisotopic (exact) mass is 839 g/mol. The molecular weight excluding hydrogens is 778 g/mol. The summed E-state index contributed by atoms with van der Waals surface area (Å²) in [5.41, 5.74) is 3.20. The molecule has 2 aliphatic heterocycles. The number of carbonyl (C=O) groups is 7. The summed E-state index contributed by atoms with van der Waals surface area (Å²) in [4.78, 5) is 72.7. The number of carbonyl (C=O) groups excluding carboxylic acids is 3. The predicted octanol–water partition coefficient (Wildman–Crippen LogP) is 3.12. The number of ketones is 1. The van der Waals surface area contributed by atoms with E-state index in [0.29, 0.717) is 30.4 Å². The van der Waals surface area contributed by atoms with Gasteiger partial charge in [-0.2, -0.15) is 0 Å². The summed E-state index contributed by atoms with van der Waals surface area (Å²) in [6.45, 7) is 2.69. The van der Waals surface area contributed by atoms with Gasteiger partial charge >= 0.3 is 23.9 Å². The van der Waals surface area contributed by atoms with Crippen molar-refractivity contribution in [2.45, 2.75) is 95.9 Å². The Hall–Kier alpha value is -5.90. The van der Waals surface area contributed by atoms with Crippen molar-refractivity contribution in [3.63, 3.8) is 0 Å². The molecule has 0 unspecified atom stereocenters. The van der Waals surface area contributed by atoms with Gasteiger partial charge in [-0.25, -0.2) is 9.37 Å². The zero-order chi connectivity index (χ0) is 44.9. The van der Waals surface area contributed by atoms with Gasteiger partial charge in [-0.1, -0.05) is 55.0 Å². The number of hydrogen-bond acceptors (Lipinski definition) is 10. The van der Waals surface area contributed by atoms with E-state index in [9.17, 15) is 43.8 Å². The quantitative estimate of drug-likeness (QED) is 0.0924. The molecule has 0 amide bonds. The van der Waals surface area contributed by atoms with E-state index in [-0.39, 0.29) is 25.3 Å². The van der Waals surface area contributed by atoms with Crippen molar-refractivity contribution in [3.05, 3.63) is 78.4 Å². The average molecular weight is 840 g/mol. The molecule has 330 valence electrons. The second-order valence-electron chi connectivity index (χ2n) is 15.1. The summed E-state index contributed by atoms with van der Waals surface area (Å²) >= 11 is 0. The van der Waals surface area contributed by atoms with Gasteiger partial charge in [-0.3, -0.25) is 19.2 Å². The van der Waals surface area contributed by atoms with Crippen LogP contribution in [0.4, 0.5) is 5.69 Å². The van der Waals surface area contributed by atoms with Crippen LogP contribution in [-0.2, 0) is 28.8 Å². The Morgan fingerprint density at radius 2 is 1.17 bits per heavy atom. The molecule has 0 aromatic heterocycles. The van der Waals surface area contributed by atoms with Crippen LogP contribution in [0.1, 0.15) is 100 Å². The number of rotatable bonds is 14. The molecule has 0 bridgehead atoms. The van der Waals surface area contributed by atoms with Crippen molar-refractivity contribution in [2.75, 3.05) is 51.7 Å². The molecule has 0 atom stereocenters. The number of anilines is 1. The Kier molecular flexibility index (Phi) is 25.5. The number of benzene rings is 2. The number of carboxylic acids is 6. The van der Waals surface area contributed by atoms with Crippen molar-refractivity contribution in [3.8, 4) is 0 Å². The summed E-state index contributed by atoms with van der Waals surface area (Å²) in [6, 6.07) is 18.9. The first-order valence-electron chi connectivity index (χ1n) is 20.2. The minimum absolute atomic E-state index is 0.270. The van der Waals surface area contributed by atoms with Gasteiger partial charge in [0.25, 0.3) is 0 Å². The van der Waals surface area contributed by atoms with Gasteiger partial charge in [0.1, 0.15) is 32.7 Å². The Bertz CT molecular complexity index is 1660. The molecule has 1 aliphatic carbocycles. The molecule has 16 nitrogen and oxygen atoms in total. The second kappa shape index (κ2) is 29.3. The molecule has 60 heavy (non-hydrogen) atoms. The summed E-state index contributed by atoms with van der Waals surface area (Å²) in [5.74, 6) is -7.09. The van der Waals surface area contributed by atoms with Crippen LogP contribution in [0, 0.1) is 0 Å². The summed E-state index contributed by atoms with van der Waals surface area (Å²) < 4.78 is 3.49. The van der Waals surface area contributed by atoms with Gasteiger partial charge in [0.05, 0.1) is 32.5 Å². The maximum absolute atomic E-state index is 12.3. The lowest BCUT2D eigenvalue weighted by atomic mass is 9.92. The molecule has 2 heterocycles. The van der Waals surface area contributed by atoms with Crippen molar-refractivity contribution < 1.29 is 73.3 Å². The van der Waals surface area contributed by atoms with Gasteiger partial charge < -0.3 is 49.6 Å². The Labute approximate surface area is 351 Å². The average Bonchev–Trinajstić information content (AvgIpc) is 3.46. The van der Waals surface area contributed by atoms with Crippen molar-refractivity contribution >= 4 is 53.0 Å². The maximum Gasteiger partial charge on any atom is 0.328 e. The normalized spacial score (nSPS) is 14.9. The third-order valence-electron chi connectivity index (χ3n) is 9.87. The molecule has 1 saturated carbocycles. The van der Waals surface area contributed by atoms with Crippen LogP contribution in [0.5, 0.6) is 0 Å². The van der Waals surface area contributed by atoms with Gasteiger partial charge in [0, 0.05) is 49.0 Å². The van der Waals surface area contributed by atoms with Gasteiger partial charge in [-0.05, 0) is 69.6 Å². The van der Waals surface area contributed by atoms with Crippen LogP contribution in [0.15, 0.2) is 72.8 Å². The van der Waals surface area contributed by atoms with E-state index in [4.69, 9.17) is 20.4 Å². The van der Waals surface area contributed by atoms with Crippen molar-refractivity contribution in [1.29, 1.82) is 0 Å². The largest absolute Gasteiger partial charge is 0.550 e. The zero-order valence-electron chi connectivity index (χ0n) is 34.7. The number of nitrogens with zero attached hydrogens (tertiary/aromatic N) is 3. The molecule has 3 aliphatic rings. The molecule has 16 heteroatoms. The highest BCUT2D eigenvalue weighted by Crippen LogP contribution is 2.26. The molecule has 1 fully saturated rings. The fraction of sp³-hybridized carbons (Fsp3) is 0.500. The Morgan fingerprint density at radius 3 is 1.62 bits per heavy atom. The second-order valence-corrected chi connectivity index (χ2v) is 15.1. The SMILES string of the molecule is C1CCC2=[N+](CC1)CCCC2.C[N+](C)(CC(=O)c1ccccc1)C1CCCCC1.O=C(O)CN(CC(=O)O)c1ccccc1.O=C([O-])/C=C\C(=O)O.O=C([O-])CCC(=O)O. The molecule has 4 N–H and O–H groups in total. The van der Waals surface area contributed by atoms with E-state index in [2.05, 4.69) is 18.7 Å². The molecule has 0 radical (unpaired) electrons. The highest BCUT2D eigenvalue weighted by atomic mass is 16.4. The molecule has 2 aromatic rings. The first kappa shape index (κ1) is 52.1. The van der Waals surface area contributed by atoms with Crippen LogP contribution in [-0.4, -0.2) is 130 Å². The summed E-state index contributed by atoms with van der Waals surface area (Å²) in [7, 11) is 4.41. The predicted molar refractivity (Wildman–Crippen MR) is 220 cm³/mol. The minimum Gasteiger partial charge on any atom is -0.550 e. The van der Waals surface area contributed by atoms with E-state index in [0.717, 1.165) is 10.0 Å². The van der Waals surface area contributed by atoms with E-state index < -0.39 is 42.2 Å². The number of quaternary nitrogens is 1. The van der Waals surface area contributed by atoms with Crippen LogP contribution in [0.2, 0.25) is 0 Å². The van der Waals surface area contributed by atoms with E-state index in [1.54, 1.807) is 36.0 Å². The molecule has 2 aromatic carbocycles. The van der Waals surface area contributed by atoms with Crippen LogP contribution in [0.3, 0.4) is 0 Å². The molecule has 0 spiro atoms. The standard InChI is InChI=1S/C16H24NO.C10H11NO4.C10H18N.C4H6O4.C4H4O4/c1-17(2,15-11-7-4-8-12-15)13-16(18)14-9-5-3-6-10-14;12-9(13)6-11(7-10(14)15)8-4-2-1-3-5-8;1-2-6-10-7-3-5-9-11(10)8-4-1;2*5-3(6)1-2-4(7)8/h3,5-6,9-10,15H,4,7-8,11-13H2,1-2H3;1-5H,6-7H2,(H,12,13)(H,14,15);1-9H2;1-2H2,(H,5,6)(H,7,8);1-2H,(H,5,6)(H,7,8)/q+1;;+1;;/p-2/b;;;;2-1-. The van der Waals surface area contributed by atoms with Crippen LogP contribution in [0.25, 0.3) is 0 Å². The van der Waals surface area contributed by atoms with Crippen LogP contribution < -0.4 is 15.1 Å². The van der Waals surface area contributed by atoms with Crippen molar-refractivity contribution in [2.24, 2.45) is 0 Å². The highest BCUT2D eigenvalue weighted by molar-refractivity contribution is 5.97. The number of para-hydroxylation sites is 1. The number of carboxylic acid groups (broad SMARTS) is 6. The zero-order valence-corrected chi connectivity index (χ0v) is 34.7. The summed E-state index contributed by atoms with van der Waals surface area (Å²) in [5, 5.41) is 51.9. The van der Waals surface area contributed by atoms with Gasteiger partial charge in [0.2, 0.25) is 5.78 Å². The van der Waals surface area contributed by atoms with E-state index in [1.165, 1.54) is 95.0 Å². The molecule has 5 rings (SSSR count). The number of hydrogen-bond donors (Lipinski definition) is 4. The Morgan fingerprint density at radius 1 is 0.667 bits per heavy atom. The van der Waals surface area contributed by atoms with Crippen LogP contribution >= 0.6 is 0 Å². The minimum atomic E-state index is -1.51. The van der Waals surface area contributed by atoms with Gasteiger partial charge in [0.15, 0.2) is 5.71 Å². The smallest absolute Gasteiger partial charge is 0.328 e. The van der Waals surface area contributed by atoms with E-state index >= 15 is 0 Å². The number of aliphatic carboxylic acids is 6. The third-order valence-corrected chi connectivity index (χ3v) is 9.87. The first-order valence-corrected chi connectivity index (χ1v) is 20.2. The highest BCUT2D eigenvalue weighted by Gasteiger charge is 2.32. The van der Waals surface area contributed by atoms with Crippen molar-refractivity contribution in [1.82, 2.24) is 0 Å². The summed E-state index contributed by atoms with van der Waals surface area (Å²) in [6.07, 6.45) is 16.8. The first-order chi connectivity index (χ1) is 28.4. The maximum atomic E-state index is 12.3. The lowest BCUT2D eigenvalue weighted by Gasteiger charge is -2.39. The molecule has 0 saturated heterocycles. The lowest BCUT2D eigenvalue weighted by molar-refractivity contribution is -0.908. The fourth-order valence-corrected chi connectivity index (χ4v) is 6.86. The number of likely N-dealkylation sites (N-methyl/N-ethyl adjacent to an activating group) is 1. The van der Waals surface area contributed by atoms with E-state index in [1.807, 2.05) is 30.3 Å². The molecular formula is C44H61N3O13. The Balaban J connectivity index is 0.000000390. The van der Waals surface area contributed by atoms with Gasteiger partial charge in [-0.15, -0.1) is 0 Å². The third kappa shape index (κ3) is 24.8. The fourth-order valence-electron chi connectivity index (χ4n) is 6.86. The number of Topliss-reactive ketones (excluding diaryl/α,β-unsaturated/α-hetero) is 1.